The fraction of sp³-hybridized carbons (Fsp3) is 0.500. The lowest BCUT2D eigenvalue weighted by Crippen LogP contribution is -2.29. The summed E-state index contributed by atoms with van der Waals surface area (Å²) in [4.78, 5) is 22.7. The minimum Gasteiger partial charge on any atom is -0.478 e. The highest BCUT2D eigenvalue weighted by Gasteiger charge is 2.35. The van der Waals surface area contributed by atoms with E-state index in [1.807, 2.05) is 0 Å². The Bertz CT molecular complexity index is 550. The lowest BCUT2D eigenvalue weighted by atomic mass is 9.84. The maximum atomic E-state index is 13.0. The summed E-state index contributed by atoms with van der Waals surface area (Å²) in [7, 11) is 0. The minimum absolute atomic E-state index is 0.00461. The Morgan fingerprint density at radius 2 is 1.95 bits per heavy atom. The van der Waals surface area contributed by atoms with Crippen molar-refractivity contribution >= 4 is 11.9 Å². The second-order valence-electron chi connectivity index (χ2n) is 5.79. The highest BCUT2D eigenvalue weighted by molar-refractivity contribution is 5.87. The molecule has 1 fully saturated rings. The number of nitrogens with one attached hydrogen (secondary N) is 1. The number of aromatic carboxylic acids is 1. The van der Waals surface area contributed by atoms with Crippen LogP contribution in [0.5, 0.6) is 0 Å². The summed E-state index contributed by atoms with van der Waals surface area (Å²) in [6.07, 6.45) is 0.690. The number of alkyl halides is 2. The van der Waals surface area contributed by atoms with Crippen LogP contribution in [-0.2, 0) is 11.3 Å². The molecule has 2 rings (SSSR count). The van der Waals surface area contributed by atoms with Gasteiger partial charge in [-0.1, -0.05) is 12.1 Å². The third-order valence-corrected chi connectivity index (χ3v) is 3.97. The summed E-state index contributed by atoms with van der Waals surface area (Å²) >= 11 is 0. The molecule has 22 heavy (non-hydrogen) atoms. The Morgan fingerprint density at radius 1 is 1.27 bits per heavy atom. The van der Waals surface area contributed by atoms with E-state index in [4.69, 9.17) is 5.11 Å². The molecule has 0 saturated heterocycles. The third kappa shape index (κ3) is 4.79. The molecule has 6 heteroatoms. The molecule has 0 aromatic heterocycles. The minimum atomic E-state index is -2.58. The van der Waals surface area contributed by atoms with Crippen LogP contribution in [0.2, 0.25) is 0 Å². The van der Waals surface area contributed by atoms with Crippen LogP contribution in [0.3, 0.4) is 0 Å². The van der Waals surface area contributed by atoms with Crippen molar-refractivity contribution in [1.29, 1.82) is 0 Å². The molecule has 0 radical (unpaired) electrons. The summed E-state index contributed by atoms with van der Waals surface area (Å²) in [6.45, 7) is 0.239. The molecule has 0 aliphatic heterocycles. The zero-order valence-corrected chi connectivity index (χ0v) is 12.1. The van der Waals surface area contributed by atoms with Gasteiger partial charge in [0.1, 0.15) is 0 Å². The lowest BCUT2D eigenvalue weighted by molar-refractivity contribution is -0.123. The molecule has 1 aromatic rings. The average Bonchev–Trinajstić information content (AvgIpc) is 2.48. The van der Waals surface area contributed by atoms with Gasteiger partial charge < -0.3 is 10.4 Å². The molecule has 0 bridgehead atoms. The van der Waals surface area contributed by atoms with Crippen LogP contribution in [0.4, 0.5) is 8.78 Å². The Morgan fingerprint density at radius 3 is 2.59 bits per heavy atom. The molecule has 1 aromatic carbocycles. The number of hydrogen-bond acceptors (Lipinski definition) is 2. The van der Waals surface area contributed by atoms with Crippen molar-refractivity contribution in [3.05, 3.63) is 35.4 Å². The number of halogens is 2. The predicted octanol–water partition coefficient (Wildman–Crippen LogP) is 3.22. The van der Waals surface area contributed by atoms with Gasteiger partial charge in [0.25, 0.3) is 0 Å². The summed E-state index contributed by atoms with van der Waals surface area (Å²) < 4.78 is 26.1. The second-order valence-corrected chi connectivity index (χ2v) is 5.79. The van der Waals surface area contributed by atoms with Gasteiger partial charge >= 0.3 is 5.97 Å². The number of carbonyl (C=O) groups excluding carboxylic acids is 1. The number of carboxylic acid groups (broad SMARTS) is 1. The molecule has 0 atom stereocenters. The molecule has 0 heterocycles. The van der Waals surface area contributed by atoms with Gasteiger partial charge in [0.15, 0.2) is 0 Å². The molecule has 1 saturated carbocycles. The van der Waals surface area contributed by atoms with Crippen molar-refractivity contribution in [2.75, 3.05) is 0 Å². The Labute approximate surface area is 127 Å². The van der Waals surface area contributed by atoms with Crippen molar-refractivity contribution in [3.63, 3.8) is 0 Å². The first kappa shape index (κ1) is 16.4. The maximum absolute atomic E-state index is 13.0. The molecule has 120 valence electrons. The summed E-state index contributed by atoms with van der Waals surface area (Å²) in [5.74, 6) is -3.78. The Kier molecular flexibility index (Phi) is 5.11. The summed E-state index contributed by atoms with van der Waals surface area (Å²) in [5.41, 5.74) is 0.865. The van der Waals surface area contributed by atoms with Gasteiger partial charge in [-0.15, -0.1) is 0 Å². The van der Waals surface area contributed by atoms with Gasteiger partial charge in [0.2, 0.25) is 11.8 Å². The van der Waals surface area contributed by atoms with E-state index in [1.165, 1.54) is 12.1 Å². The number of rotatable bonds is 5. The SMILES string of the molecule is O=C(CC1CCC(F)(F)CC1)NCc1cccc(C(=O)O)c1. The van der Waals surface area contributed by atoms with E-state index in [0.29, 0.717) is 18.4 Å². The van der Waals surface area contributed by atoms with Crippen LogP contribution >= 0.6 is 0 Å². The lowest BCUT2D eigenvalue weighted by Gasteiger charge is -2.27. The average molecular weight is 311 g/mol. The van der Waals surface area contributed by atoms with Crippen molar-refractivity contribution in [3.8, 4) is 0 Å². The zero-order chi connectivity index (χ0) is 16.2. The molecule has 0 spiro atoms. The molecule has 2 N–H and O–H groups in total. The van der Waals surface area contributed by atoms with E-state index < -0.39 is 11.9 Å². The van der Waals surface area contributed by atoms with Crippen LogP contribution < -0.4 is 5.32 Å². The van der Waals surface area contributed by atoms with Crippen LogP contribution in [0, 0.1) is 5.92 Å². The fourth-order valence-electron chi connectivity index (χ4n) is 2.65. The second kappa shape index (κ2) is 6.85. The van der Waals surface area contributed by atoms with Crippen molar-refractivity contribution in [2.24, 2.45) is 5.92 Å². The monoisotopic (exact) mass is 311 g/mol. The maximum Gasteiger partial charge on any atom is 0.335 e. The summed E-state index contributed by atoms with van der Waals surface area (Å²) in [5, 5.41) is 11.6. The van der Waals surface area contributed by atoms with Gasteiger partial charge in [-0.25, -0.2) is 13.6 Å². The molecule has 0 unspecified atom stereocenters. The van der Waals surface area contributed by atoms with E-state index in [0.717, 1.165) is 0 Å². The molecule has 1 aliphatic rings. The smallest absolute Gasteiger partial charge is 0.335 e. The normalized spacial score (nSPS) is 17.9. The number of carbonyl (C=O) groups is 2. The van der Waals surface area contributed by atoms with Crippen molar-refractivity contribution < 1.29 is 23.5 Å². The van der Waals surface area contributed by atoms with E-state index in [2.05, 4.69) is 5.32 Å². The van der Waals surface area contributed by atoms with E-state index in [-0.39, 0.29) is 43.2 Å². The number of carboxylic acids is 1. The van der Waals surface area contributed by atoms with Crippen LogP contribution in [-0.4, -0.2) is 22.9 Å². The van der Waals surface area contributed by atoms with Crippen LogP contribution in [0.15, 0.2) is 24.3 Å². The fourth-order valence-corrected chi connectivity index (χ4v) is 2.65. The Hall–Kier alpha value is -1.98. The highest BCUT2D eigenvalue weighted by atomic mass is 19.3. The molecule has 4 nitrogen and oxygen atoms in total. The highest BCUT2D eigenvalue weighted by Crippen LogP contribution is 2.37. The van der Waals surface area contributed by atoms with Gasteiger partial charge in [0, 0.05) is 25.8 Å². The van der Waals surface area contributed by atoms with Crippen molar-refractivity contribution in [1.82, 2.24) is 5.32 Å². The van der Waals surface area contributed by atoms with Crippen molar-refractivity contribution in [2.45, 2.75) is 44.6 Å². The van der Waals surface area contributed by atoms with Crippen LogP contribution in [0.25, 0.3) is 0 Å². The van der Waals surface area contributed by atoms with Crippen LogP contribution in [0.1, 0.15) is 48.0 Å². The number of hydrogen-bond donors (Lipinski definition) is 2. The molecule has 1 amide bonds. The first-order chi connectivity index (χ1) is 10.4. The van der Waals surface area contributed by atoms with E-state index in [1.54, 1.807) is 12.1 Å². The zero-order valence-electron chi connectivity index (χ0n) is 12.1. The molecular formula is C16H19F2NO3. The standard InChI is InChI=1S/C16H19F2NO3/c17-16(18)6-4-11(5-7-16)9-14(20)19-10-12-2-1-3-13(8-12)15(21)22/h1-3,8,11H,4-7,9-10H2,(H,19,20)(H,21,22). The van der Waals surface area contributed by atoms with Gasteiger partial charge in [0.05, 0.1) is 5.56 Å². The molecular weight excluding hydrogens is 292 g/mol. The first-order valence-corrected chi connectivity index (χ1v) is 7.32. The summed E-state index contributed by atoms with van der Waals surface area (Å²) in [6, 6.07) is 6.33. The Balaban J connectivity index is 1.78. The van der Waals surface area contributed by atoms with E-state index >= 15 is 0 Å². The topological polar surface area (TPSA) is 66.4 Å². The first-order valence-electron chi connectivity index (χ1n) is 7.32. The molecule has 1 aliphatic carbocycles. The largest absolute Gasteiger partial charge is 0.478 e. The number of benzene rings is 1. The number of amides is 1. The van der Waals surface area contributed by atoms with Gasteiger partial charge in [-0.2, -0.15) is 0 Å². The van der Waals surface area contributed by atoms with E-state index in [9.17, 15) is 18.4 Å². The third-order valence-electron chi connectivity index (χ3n) is 3.97. The van der Waals surface area contributed by atoms with Gasteiger partial charge in [-0.05, 0) is 36.5 Å². The van der Waals surface area contributed by atoms with Gasteiger partial charge in [-0.3, -0.25) is 4.79 Å². The quantitative estimate of drug-likeness (QED) is 0.877. The predicted molar refractivity (Wildman–Crippen MR) is 76.8 cm³/mol.